The molecule has 21 heavy (non-hydrogen) atoms. The molecule has 8 heteroatoms. The van der Waals surface area contributed by atoms with Crippen molar-refractivity contribution in [2.75, 3.05) is 30.8 Å². The number of ether oxygens (including phenoxy) is 1. The van der Waals surface area contributed by atoms with Gasteiger partial charge in [-0.25, -0.2) is 9.78 Å². The zero-order valence-electron chi connectivity index (χ0n) is 11.7. The summed E-state index contributed by atoms with van der Waals surface area (Å²) in [5, 5.41) is 4.45. The molecular formula is C13H16N6O2. The second-order valence-electron chi connectivity index (χ2n) is 4.74. The summed E-state index contributed by atoms with van der Waals surface area (Å²) in [6, 6.07) is 0. The first kappa shape index (κ1) is 13.3. The third kappa shape index (κ3) is 2.28. The second-order valence-corrected chi connectivity index (χ2v) is 4.74. The lowest BCUT2D eigenvalue weighted by atomic mass is 10.3. The lowest BCUT2D eigenvalue weighted by molar-refractivity contribution is 0.0602. The Labute approximate surface area is 121 Å². The topological polar surface area (TPSA) is 99.2 Å². The molecule has 3 heterocycles. The van der Waals surface area contributed by atoms with Crippen LogP contribution in [0, 0.1) is 0 Å². The Morgan fingerprint density at radius 2 is 2.10 bits per heavy atom. The van der Waals surface area contributed by atoms with Gasteiger partial charge in [-0.15, -0.1) is 5.10 Å². The molecule has 2 aromatic heterocycles. The van der Waals surface area contributed by atoms with Crippen molar-refractivity contribution in [2.45, 2.75) is 12.8 Å². The van der Waals surface area contributed by atoms with E-state index in [0.29, 0.717) is 11.6 Å². The Kier molecular flexibility index (Phi) is 3.43. The zero-order valence-corrected chi connectivity index (χ0v) is 11.7. The minimum atomic E-state index is -0.496. The normalized spacial score (nSPS) is 14.4. The summed E-state index contributed by atoms with van der Waals surface area (Å²) in [6.07, 6.45) is 6.78. The van der Waals surface area contributed by atoms with Gasteiger partial charge in [-0.2, -0.15) is 4.68 Å². The van der Waals surface area contributed by atoms with Crippen molar-refractivity contribution in [1.82, 2.24) is 19.7 Å². The molecule has 0 aliphatic carbocycles. The number of carbonyl (C=O) groups excluding carboxylic acids is 1. The van der Waals surface area contributed by atoms with Crippen molar-refractivity contribution in [2.24, 2.45) is 0 Å². The van der Waals surface area contributed by atoms with Gasteiger partial charge in [0, 0.05) is 25.5 Å². The number of hydrogen-bond donors (Lipinski definition) is 1. The number of carbonyl (C=O) groups is 1. The number of nitrogens with two attached hydrogens (primary N) is 1. The number of rotatable bonds is 3. The largest absolute Gasteiger partial charge is 0.465 e. The molecule has 0 radical (unpaired) electrons. The van der Waals surface area contributed by atoms with Gasteiger partial charge in [-0.3, -0.25) is 4.98 Å². The van der Waals surface area contributed by atoms with E-state index in [0.717, 1.165) is 25.9 Å². The number of nitrogens with zero attached hydrogens (tertiary/aromatic N) is 5. The van der Waals surface area contributed by atoms with Gasteiger partial charge in [0.15, 0.2) is 11.6 Å². The number of hydrogen-bond acceptors (Lipinski definition) is 7. The van der Waals surface area contributed by atoms with Gasteiger partial charge in [0.25, 0.3) is 0 Å². The summed E-state index contributed by atoms with van der Waals surface area (Å²) in [5.41, 5.74) is 6.37. The van der Waals surface area contributed by atoms with E-state index in [-0.39, 0.29) is 11.4 Å². The Morgan fingerprint density at radius 1 is 1.33 bits per heavy atom. The van der Waals surface area contributed by atoms with Crippen LogP contribution in [0.15, 0.2) is 18.6 Å². The van der Waals surface area contributed by atoms with Crippen molar-refractivity contribution in [3.05, 3.63) is 24.2 Å². The van der Waals surface area contributed by atoms with Gasteiger partial charge in [0.05, 0.1) is 13.3 Å². The molecule has 3 rings (SSSR count). The minimum absolute atomic E-state index is 0.212. The number of nitrogen functional groups attached to an aromatic ring is 1. The Bertz CT molecular complexity index is 648. The van der Waals surface area contributed by atoms with Crippen LogP contribution in [0.4, 0.5) is 11.6 Å². The molecule has 2 aromatic rings. The standard InChI is InChI=1S/C13H16N6O2/c1-21-13(20)10-11(14)19(9-8-15-4-5-16-9)17-12(10)18-6-2-3-7-18/h4-5,8H,2-3,6-7,14H2,1H3. The lowest BCUT2D eigenvalue weighted by Gasteiger charge is -2.15. The summed E-state index contributed by atoms with van der Waals surface area (Å²) in [7, 11) is 1.33. The fraction of sp³-hybridized carbons (Fsp3) is 0.385. The quantitative estimate of drug-likeness (QED) is 0.827. The summed E-state index contributed by atoms with van der Waals surface area (Å²) < 4.78 is 6.26. The fourth-order valence-electron chi connectivity index (χ4n) is 2.44. The highest BCUT2D eigenvalue weighted by atomic mass is 16.5. The Hall–Kier alpha value is -2.64. The molecule has 0 aromatic carbocycles. The van der Waals surface area contributed by atoms with Crippen LogP contribution < -0.4 is 10.6 Å². The average molecular weight is 288 g/mol. The highest BCUT2D eigenvalue weighted by Crippen LogP contribution is 2.30. The van der Waals surface area contributed by atoms with Gasteiger partial charge in [-0.1, -0.05) is 0 Å². The van der Waals surface area contributed by atoms with Gasteiger partial charge in [0.2, 0.25) is 0 Å². The zero-order chi connectivity index (χ0) is 14.8. The van der Waals surface area contributed by atoms with Crippen molar-refractivity contribution in [3.8, 4) is 5.82 Å². The highest BCUT2D eigenvalue weighted by Gasteiger charge is 2.29. The van der Waals surface area contributed by atoms with Crippen LogP contribution in [0.25, 0.3) is 5.82 Å². The smallest absolute Gasteiger partial charge is 0.345 e. The molecular weight excluding hydrogens is 272 g/mol. The molecule has 1 fully saturated rings. The van der Waals surface area contributed by atoms with Gasteiger partial charge >= 0.3 is 5.97 Å². The molecule has 0 bridgehead atoms. The summed E-state index contributed by atoms with van der Waals surface area (Å²) in [5.74, 6) is 0.724. The fourth-order valence-corrected chi connectivity index (χ4v) is 2.44. The molecule has 110 valence electrons. The van der Waals surface area contributed by atoms with E-state index in [1.807, 2.05) is 4.90 Å². The van der Waals surface area contributed by atoms with Crippen LogP contribution in [0.3, 0.4) is 0 Å². The number of aromatic nitrogens is 4. The van der Waals surface area contributed by atoms with Crippen LogP contribution in [-0.4, -0.2) is 45.9 Å². The molecule has 1 saturated heterocycles. The van der Waals surface area contributed by atoms with Gasteiger partial charge < -0.3 is 15.4 Å². The van der Waals surface area contributed by atoms with Crippen LogP contribution in [-0.2, 0) is 4.74 Å². The van der Waals surface area contributed by atoms with Crippen molar-refractivity contribution in [1.29, 1.82) is 0 Å². The number of methoxy groups -OCH3 is 1. The first-order chi connectivity index (χ1) is 10.2. The van der Waals surface area contributed by atoms with E-state index in [1.54, 1.807) is 12.4 Å². The molecule has 2 N–H and O–H groups in total. The van der Waals surface area contributed by atoms with Gasteiger partial charge in [-0.05, 0) is 12.8 Å². The van der Waals surface area contributed by atoms with Crippen LogP contribution in [0.5, 0.6) is 0 Å². The van der Waals surface area contributed by atoms with Crippen LogP contribution in [0.2, 0.25) is 0 Å². The first-order valence-electron chi connectivity index (χ1n) is 6.70. The predicted octanol–water partition coefficient (Wildman–Crippen LogP) is 0.631. The SMILES string of the molecule is COC(=O)c1c(N2CCCC2)nn(-c2cnccn2)c1N. The molecule has 0 atom stereocenters. The number of anilines is 2. The summed E-state index contributed by atoms with van der Waals surface area (Å²) in [4.78, 5) is 22.2. The van der Waals surface area contributed by atoms with Crippen molar-refractivity contribution < 1.29 is 9.53 Å². The molecule has 0 unspecified atom stereocenters. The van der Waals surface area contributed by atoms with E-state index >= 15 is 0 Å². The maximum atomic E-state index is 12.0. The molecule has 1 aliphatic rings. The molecule has 1 aliphatic heterocycles. The maximum Gasteiger partial charge on any atom is 0.345 e. The monoisotopic (exact) mass is 288 g/mol. The van der Waals surface area contributed by atoms with Gasteiger partial charge in [0.1, 0.15) is 11.4 Å². The molecule has 0 spiro atoms. The minimum Gasteiger partial charge on any atom is -0.465 e. The first-order valence-corrected chi connectivity index (χ1v) is 6.70. The lowest BCUT2D eigenvalue weighted by Crippen LogP contribution is -2.21. The second kappa shape index (κ2) is 5.39. The van der Waals surface area contributed by atoms with Crippen LogP contribution >= 0.6 is 0 Å². The molecule has 0 saturated carbocycles. The van der Waals surface area contributed by atoms with Crippen molar-refractivity contribution in [3.63, 3.8) is 0 Å². The molecule has 8 nitrogen and oxygen atoms in total. The summed E-state index contributed by atoms with van der Waals surface area (Å²) >= 11 is 0. The average Bonchev–Trinajstić information content (AvgIpc) is 3.15. The highest BCUT2D eigenvalue weighted by molar-refractivity contribution is 6.00. The van der Waals surface area contributed by atoms with E-state index in [9.17, 15) is 4.79 Å². The molecule has 0 amide bonds. The third-order valence-corrected chi connectivity index (χ3v) is 3.46. The van der Waals surface area contributed by atoms with E-state index < -0.39 is 5.97 Å². The van der Waals surface area contributed by atoms with E-state index in [1.165, 1.54) is 18.0 Å². The van der Waals surface area contributed by atoms with E-state index in [4.69, 9.17) is 10.5 Å². The van der Waals surface area contributed by atoms with E-state index in [2.05, 4.69) is 15.1 Å². The van der Waals surface area contributed by atoms with Crippen LogP contribution in [0.1, 0.15) is 23.2 Å². The predicted molar refractivity (Wildman–Crippen MR) is 76.4 cm³/mol. The maximum absolute atomic E-state index is 12.0. The Balaban J connectivity index is 2.12. The summed E-state index contributed by atoms with van der Waals surface area (Å²) in [6.45, 7) is 1.70. The Morgan fingerprint density at radius 3 is 2.71 bits per heavy atom. The third-order valence-electron chi connectivity index (χ3n) is 3.46. The van der Waals surface area contributed by atoms with Crippen molar-refractivity contribution >= 4 is 17.6 Å². The number of esters is 1.